The van der Waals surface area contributed by atoms with Crippen molar-refractivity contribution in [3.05, 3.63) is 24.4 Å². The van der Waals surface area contributed by atoms with Gasteiger partial charge in [0.05, 0.1) is 10.6 Å². The molecular weight excluding hydrogens is 260 g/mol. The number of aliphatic hydroxyl groups is 1. The van der Waals surface area contributed by atoms with Crippen molar-refractivity contribution in [2.45, 2.75) is 42.7 Å². The van der Waals surface area contributed by atoms with Crippen molar-refractivity contribution in [1.29, 1.82) is 0 Å². The number of nitrogens with one attached hydrogen (secondary N) is 1. The van der Waals surface area contributed by atoms with E-state index >= 15 is 0 Å². The summed E-state index contributed by atoms with van der Waals surface area (Å²) in [6.07, 6.45) is 5.92. The third-order valence-corrected chi connectivity index (χ3v) is 4.31. The van der Waals surface area contributed by atoms with Gasteiger partial charge >= 0.3 is 0 Å². The lowest BCUT2D eigenvalue weighted by molar-refractivity contribution is -0.121. The standard InChI is InChI=1S/C14H20N2O2S/c17-12(16-11-14(18)7-2-3-8-14)6-10-19-13-5-1-4-9-15-13/h1,4-5,9,18H,2-3,6-8,10-11H2,(H,16,17). The number of hydrogen-bond donors (Lipinski definition) is 2. The maximum Gasteiger partial charge on any atom is 0.220 e. The lowest BCUT2D eigenvalue weighted by atomic mass is 10.0. The second-order valence-electron chi connectivity index (χ2n) is 4.97. The maximum atomic E-state index is 11.7. The van der Waals surface area contributed by atoms with E-state index in [-0.39, 0.29) is 5.91 Å². The average molecular weight is 280 g/mol. The van der Waals surface area contributed by atoms with E-state index in [0.29, 0.717) is 18.7 Å². The van der Waals surface area contributed by atoms with Gasteiger partial charge in [0.1, 0.15) is 0 Å². The minimum atomic E-state index is -0.663. The largest absolute Gasteiger partial charge is 0.388 e. The molecule has 5 heteroatoms. The number of carbonyl (C=O) groups excluding carboxylic acids is 1. The summed E-state index contributed by atoms with van der Waals surface area (Å²) < 4.78 is 0. The second kappa shape index (κ2) is 6.91. The molecule has 1 aromatic heterocycles. The first-order chi connectivity index (χ1) is 9.18. The van der Waals surface area contributed by atoms with Gasteiger partial charge in [-0.15, -0.1) is 11.8 Å². The van der Waals surface area contributed by atoms with E-state index < -0.39 is 5.60 Å². The monoisotopic (exact) mass is 280 g/mol. The van der Waals surface area contributed by atoms with Gasteiger partial charge < -0.3 is 10.4 Å². The van der Waals surface area contributed by atoms with Crippen LogP contribution in [-0.4, -0.2) is 33.9 Å². The average Bonchev–Trinajstić information content (AvgIpc) is 2.85. The number of amides is 1. The van der Waals surface area contributed by atoms with E-state index in [9.17, 15) is 9.90 Å². The first kappa shape index (κ1) is 14.3. The number of thioether (sulfide) groups is 1. The first-order valence-electron chi connectivity index (χ1n) is 6.71. The molecule has 1 aliphatic rings. The molecule has 1 fully saturated rings. The van der Waals surface area contributed by atoms with Crippen molar-refractivity contribution >= 4 is 17.7 Å². The van der Waals surface area contributed by atoms with Crippen molar-refractivity contribution in [1.82, 2.24) is 10.3 Å². The molecule has 104 valence electrons. The Bertz CT molecular complexity index is 405. The van der Waals surface area contributed by atoms with Gasteiger partial charge in [-0.1, -0.05) is 18.9 Å². The molecule has 0 aromatic carbocycles. The predicted octanol–water partition coefficient (Wildman–Crippen LogP) is 1.99. The van der Waals surface area contributed by atoms with E-state index in [2.05, 4.69) is 10.3 Å². The molecule has 19 heavy (non-hydrogen) atoms. The zero-order valence-corrected chi connectivity index (χ0v) is 11.8. The van der Waals surface area contributed by atoms with Crippen LogP contribution in [0, 0.1) is 0 Å². The molecule has 0 aliphatic heterocycles. The van der Waals surface area contributed by atoms with Crippen LogP contribution in [0.25, 0.3) is 0 Å². The van der Waals surface area contributed by atoms with Gasteiger partial charge in [-0.2, -0.15) is 0 Å². The Morgan fingerprint density at radius 2 is 2.21 bits per heavy atom. The molecule has 2 rings (SSSR count). The molecule has 1 aromatic rings. The lowest BCUT2D eigenvalue weighted by Crippen LogP contribution is -2.40. The summed E-state index contributed by atoms with van der Waals surface area (Å²) >= 11 is 1.57. The topological polar surface area (TPSA) is 62.2 Å². The zero-order valence-electron chi connectivity index (χ0n) is 11.0. The van der Waals surface area contributed by atoms with Gasteiger partial charge in [-0.05, 0) is 25.0 Å². The number of hydrogen-bond acceptors (Lipinski definition) is 4. The molecule has 1 heterocycles. The number of pyridine rings is 1. The quantitative estimate of drug-likeness (QED) is 0.782. The van der Waals surface area contributed by atoms with Crippen LogP contribution in [0.5, 0.6) is 0 Å². The Labute approximate surface area is 118 Å². The first-order valence-corrected chi connectivity index (χ1v) is 7.69. The molecular formula is C14H20N2O2S. The van der Waals surface area contributed by atoms with Crippen LogP contribution in [-0.2, 0) is 4.79 Å². The molecule has 0 bridgehead atoms. The van der Waals surface area contributed by atoms with Crippen molar-refractivity contribution in [2.75, 3.05) is 12.3 Å². The van der Waals surface area contributed by atoms with Crippen molar-refractivity contribution in [2.24, 2.45) is 0 Å². The third kappa shape index (κ3) is 4.84. The van der Waals surface area contributed by atoms with E-state index in [1.165, 1.54) is 0 Å². The van der Waals surface area contributed by atoms with E-state index in [0.717, 1.165) is 30.7 Å². The highest BCUT2D eigenvalue weighted by Crippen LogP contribution is 2.28. The van der Waals surface area contributed by atoms with Gasteiger partial charge in [-0.3, -0.25) is 4.79 Å². The highest BCUT2D eigenvalue weighted by molar-refractivity contribution is 7.99. The Morgan fingerprint density at radius 3 is 2.89 bits per heavy atom. The number of carbonyl (C=O) groups is 1. The molecule has 1 amide bonds. The second-order valence-corrected chi connectivity index (χ2v) is 6.09. The zero-order chi connectivity index (χ0) is 13.6. The van der Waals surface area contributed by atoms with Gasteiger partial charge in [0.2, 0.25) is 5.91 Å². The van der Waals surface area contributed by atoms with Crippen LogP contribution in [0.4, 0.5) is 0 Å². The highest BCUT2D eigenvalue weighted by Gasteiger charge is 2.31. The molecule has 0 atom stereocenters. The summed E-state index contributed by atoms with van der Waals surface area (Å²) in [4.78, 5) is 15.9. The molecule has 0 saturated heterocycles. The molecule has 4 nitrogen and oxygen atoms in total. The third-order valence-electron chi connectivity index (χ3n) is 3.37. The minimum absolute atomic E-state index is 0.00348. The summed E-state index contributed by atoms with van der Waals surface area (Å²) in [6, 6.07) is 5.74. The molecule has 0 unspecified atom stereocenters. The molecule has 1 saturated carbocycles. The van der Waals surface area contributed by atoms with E-state index in [1.807, 2.05) is 18.2 Å². The van der Waals surface area contributed by atoms with E-state index in [1.54, 1.807) is 18.0 Å². The van der Waals surface area contributed by atoms with Gasteiger partial charge in [0.15, 0.2) is 0 Å². The van der Waals surface area contributed by atoms with Crippen LogP contribution in [0.1, 0.15) is 32.1 Å². The summed E-state index contributed by atoms with van der Waals surface area (Å²) in [7, 11) is 0. The van der Waals surface area contributed by atoms with Crippen LogP contribution in [0.2, 0.25) is 0 Å². The van der Waals surface area contributed by atoms with Crippen molar-refractivity contribution in [3.63, 3.8) is 0 Å². The van der Waals surface area contributed by atoms with Gasteiger partial charge in [0.25, 0.3) is 0 Å². The van der Waals surface area contributed by atoms with Crippen LogP contribution < -0.4 is 5.32 Å². The van der Waals surface area contributed by atoms with Crippen molar-refractivity contribution in [3.8, 4) is 0 Å². The Kier molecular flexibility index (Phi) is 5.22. The van der Waals surface area contributed by atoms with Crippen LogP contribution >= 0.6 is 11.8 Å². The Balaban J connectivity index is 1.62. The molecule has 0 spiro atoms. The SMILES string of the molecule is O=C(CCSc1ccccn1)NCC1(O)CCCC1. The molecule has 1 aliphatic carbocycles. The highest BCUT2D eigenvalue weighted by atomic mass is 32.2. The number of aromatic nitrogens is 1. The van der Waals surface area contributed by atoms with Gasteiger partial charge in [-0.25, -0.2) is 4.98 Å². The predicted molar refractivity (Wildman–Crippen MR) is 76.0 cm³/mol. The molecule has 0 radical (unpaired) electrons. The number of nitrogens with zero attached hydrogens (tertiary/aromatic N) is 1. The number of rotatable bonds is 6. The fourth-order valence-electron chi connectivity index (χ4n) is 2.24. The van der Waals surface area contributed by atoms with E-state index in [4.69, 9.17) is 0 Å². The minimum Gasteiger partial charge on any atom is -0.388 e. The summed E-state index contributed by atoms with van der Waals surface area (Å²) in [6.45, 7) is 0.389. The van der Waals surface area contributed by atoms with Crippen LogP contribution in [0.3, 0.4) is 0 Å². The summed E-state index contributed by atoms with van der Waals surface area (Å²) in [5.74, 6) is 0.713. The Hall–Kier alpha value is -1.07. The summed E-state index contributed by atoms with van der Waals surface area (Å²) in [5.41, 5.74) is -0.663. The fraction of sp³-hybridized carbons (Fsp3) is 0.571. The smallest absolute Gasteiger partial charge is 0.220 e. The van der Waals surface area contributed by atoms with Gasteiger partial charge in [0, 0.05) is 24.9 Å². The van der Waals surface area contributed by atoms with Crippen LogP contribution in [0.15, 0.2) is 29.4 Å². The fourth-order valence-corrected chi connectivity index (χ4v) is 3.05. The maximum absolute atomic E-state index is 11.7. The normalized spacial score (nSPS) is 17.3. The summed E-state index contributed by atoms with van der Waals surface area (Å²) in [5, 5.41) is 13.9. The lowest BCUT2D eigenvalue weighted by Gasteiger charge is -2.22. The molecule has 2 N–H and O–H groups in total. The Morgan fingerprint density at radius 1 is 1.42 bits per heavy atom. The van der Waals surface area contributed by atoms with Crippen molar-refractivity contribution < 1.29 is 9.90 Å².